The van der Waals surface area contributed by atoms with E-state index < -0.39 is 0 Å². The lowest BCUT2D eigenvalue weighted by Crippen LogP contribution is -2.45. The number of amides is 2. The predicted molar refractivity (Wildman–Crippen MR) is 105 cm³/mol. The third kappa shape index (κ3) is 4.90. The van der Waals surface area contributed by atoms with E-state index in [0.717, 1.165) is 50.2 Å². The fraction of sp³-hybridized carbons (Fsp3) is 0.571. The van der Waals surface area contributed by atoms with E-state index >= 15 is 0 Å². The Hall–Kier alpha value is -2.41. The highest BCUT2D eigenvalue weighted by Gasteiger charge is 2.29. The number of ether oxygens (including phenoxy) is 1. The van der Waals surface area contributed by atoms with Gasteiger partial charge in [0.2, 0.25) is 5.89 Å². The first-order chi connectivity index (χ1) is 13.7. The number of piperidine rings is 1. The number of rotatable bonds is 7. The molecule has 1 N–H and O–H groups in total. The van der Waals surface area contributed by atoms with Gasteiger partial charge in [-0.3, -0.25) is 0 Å². The molecule has 7 nitrogen and oxygen atoms in total. The summed E-state index contributed by atoms with van der Waals surface area (Å²) in [6.07, 6.45) is 5.86. The number of anilines is 1. The zero-order valence-corrected chi connectivity index (χ0v) is 16.4. The molecule has 2 amide bonds. The number of nitrogens with one attached hydrogen (secondary N) is 1. The van der Waals surface area contributed by atoms with Gasteiger partial charge in [-0.25, -0.2) is 4.79 Å². The molecule has 28 heavy (non-hydrogen) atoms. The van der Waals surface area contributed by atoms with E-state index in [0.29, 0.717) is 31.3 Å². The average molecular weight is 384 g/mol. The van der Waals surface area contributed by atoms with Crippen LogP contribution in [0.25, 0.3) is 0 Å². The number of aryl methyl sites for hydroxylation is 1. The van der Waals surface area contributed by atoms with Crippen LogP contribution in [0.5, 0.6) is 0 Å². The largest absolute Gasteiger partial charge is 0.376 e. The fourth-order valence-corrected chi connectivity index (χ4v) is 3.51. The van der Waals surface area contributed by atoms with Crippen molar-refractivity contribution in [1.29, 1.82) is 0 Å². The molecule has 1 unspecified atom stereocenters. The zero-order chi connectivity index (χ0) is 19.3. The lowest BCUT2D eigenvalue weighted by molar-refractivity contribution is 0.0120. The maximum atomic E-state index is 12.6. The second-order valence-corrected chi connectivity index (χ2v) is 7.64. The Morgan fingerprint density at radius 2 is 2.25 bits per heavy atom. The minimum absolute atomic E-state index is 0.0521. The topological polar surface area (TPSA) is 80.5 Å². The first-order valence-corrected chi connectivity index (χ1v) is 10.3. The SMILES string of the molecule is CCc1cccc(NC(=O)N2CCCC(OCCc3noc(C4CC4)n3)C2)c1. The molecule has 0 bridgehead atoms. The van der Waals surface area contributed by atoms with Crippen LogP contribution in [-0.4, -0.2) is 46.9 Å². The fourth-order valence-electron chi connectivity index (χ4n) is 3.51. The van der Waals surface area contributed by atoms with Crippen molar-refractivity contribution in [2.45, 2.75) is 57.5 Å². The van der Waals surface area contributed by atoms with Crippen LogP contribution in [-0.2, 0) is 17.6 Å². The summed E-state index contributed by atoms with van der Waals surface area (Å²) >= 11 is 0. The summed E-state index contributed by atoms with van der Waals surface area (Å²) in [5, 5.41) is 7.03. The van der Waals surface area contributed by atoms with Crippen LogP contribution in [0.1, 0.15) is 55.8 Å². The number of benzene rings is 1. The van der Waals surface area contributed by atoms with Crippen molar-refractivity contribution in [3.05, 3.63) is 41.5 Å². The summed E-state index contributed by atoms with van der Waals surface area (Å²) in [6, 6.07) is 7.93. The van der Waals surface area contributed by atoms with E-state index in [2.05, 4.69) is 28.4 Å². The van der Waals surface area contributed by atoms with Crippen LogP contribution in [0.3, 0.4) is 0 Å². The number of hydrogen-bond acceptors (Lipinski definition) is 5. The second kappa shape index (κ2) is 8.73. The standard InChI is InChI=1S/C21H28N4O3/c1-2-15-5-3-6-17(13-15)22-21(26)25-11-4-7-18(14-25)27-12-10-19-23-20(28-24-19)16-8-9-16/h3,5-6,13,16,18H,2,4,7-12,14H2,1H3,(H,22,26). The van der Waals surface area contributed by atoms with Gasteiger partial charge in [0, 0.05) is 31.1 Å². The van der Waals surface area contributed by atoms with Gasteiger partial charge in [-0.1, -0.05) is 24.2 Å². The third-order valence-electron chi connectivity index (χ3n) is 5.34. The second-order valence-electron chi connectivity index (χ2n) is 7.64. The van der Waals surface area contributed by atoms with Gasteiger partial charge in [0.1, 0.15) is 0 Å². The lowest BCUT2D eigenvalue weighted by atomic mass is 10.1. The molecule has 0 spiro atoms. The highest BCUT2D eigenvalue weighted by atomic mass is 16.5. The summed E-state index contributed by atoms with van der Waals surface area (Å²) in [5.74, 6) is 1.95. The van der Waals surface area contributed by atoms with Gasteiger partial charge < -0.3 is 19.5 Å². The van der Waals surface area contributed by atoms with Gasteiger partial charge in [-0.15, -0.1) is 0 Å². The molecule has 150 valence electrons. The summed E-state index contributed by atoms with van der Waals surface area (Å²) in [7, 11) is 0. The Kier molecular flexibility index (Phi) is 5.90. The number of urea groups is 1. The Labute approximate surface area is 165 Å². The molecule has 1 saturated carbocycles. The molecule has 1 atom stereocenters. The number of carbonyl (C=O) groups excluding carboxylic acids is 1. The van der Waals surface area contributed by atoms with Crippen LogP contribution < -0.4 is 5.32 Å². The van der Waals surface area contributed by atoms with E-state index in [9.17, 15) is 4.79 Å². The zero-order valence-electron chi connectivity index (χ0n) is 16.4. The van der Waals surface area contributed by atoms with E-state index in [-0.39, 0.29) is 12.1 Å². The molecule has 4 rings (SSSR count). The molecule has 2 aromatic rings. The number of hydrogen-bond donors (Lipinski definition) is 1. The molecule has 2 aliphatic rings. The Morgan fingerprint density at radius 3 is 3.07 bits per heavy atom. The Morgan fingerprint density at radius 1 is 1.36 bits per heavy atom. The van der Waals surface area contributed by atoms with Crippen LogP contribution in [0, 0.1) is 0 Å². The molecule has 1 aliphatic carbocycles. The van der Waals surface area contributed by atoms with E-state index in [1.165, 1.54) is 5.56 Å². The molecule has 2 fully saturated rings. The maximum absolute atomic E-state index is 12.6. The molecular formula is C21H28N4O3. The molecule has 1 aliphatic heterocycles. The molecule has 7 heteroatoms. The van der Waals surface area contributed by atoms with Crippen molar-refractivity contribution in [1.82, 2.24) is 15.0 Å². The lowest BCUT2D eigenvalue weighted by Gasteiger charge is -2.32. The van der Waals surface area contributed by atoms with Gasteiger partial charge in [0.05, 0.1) is 12.7 Å². The number of likely N-dealkylation sites (tertiary alicyclic amines) is 1. The van der Waals surface area contributed by atoms with Gasteiger partial charge in [-0.05, 0) is 49.8 Å². The van der Waals surface area contributed by atoms with E-state index in [4.69, 9.17) is 9.26 Å². The summed E-state index contributed by atoms with van der Waals surface area (Å²) in [4.78, 5) is 18.9. The van der Waals surface area contributed by atoms with Crippen molar-refractivity contribution >= 4 is 11.7 Å². The quantitative estimate of drug-likeness (QED) is 0.786. The van der Waals surface area contributed by atoms with Gasteiger partial charge in [0.25, 0.3) is 0 Å². The molecule has 0 radical (unpaired) electrons. The highest BCUT2D eigenvalue weighted by Crippen LogP contribution is 2.38. The van der Waals surface area contributed by atoms with Gasteiger partial charge in [0.15, 0.2) is 5.82 Å². The predicted octanol–water partition coefficient (Wildman–Crippen LogP) is 3.77. The van der Waals surface area contributed by atoms with E-state index in [1.54, 1.807) is 0 Å². The molecular weight excluding hydrogens is 356 g/mol. The van der Waals surface area contributed by atoms with Gasteiger partial charge in [-0.2, -0.15) is 4.98 Å². The molecule has 1 saturated heterocycles. The van der Waals surface area contributed by atoms with Crippen LogP contribution in [0.15, 0.2) is 28.8 Å². The van der Waals surface area contributed by atoms with E-state index in [1.807, 2.05) is 23.1 Å². The summed E-state index contributed by atoms with van der Waals surface area (Å²) in [6.45, 7) is 4.02. The highest BCUT2D eigenvalue weighted by molar-refractivity contribution is 5.89. The van der Waals surface area contributed by atoms with Crippen LogP contribution in [0.2, 0.25) is 0 Å². The normalized spacial score (nSPS) is 19.6. The van der Waals surface area contributed by atoms with Gasteiger partial charge >= 0.3 is 6.03 Å². The third-order valence-corrected chi connectivity index (χ3v) is 5.34. The first kappa shape index (κ1) is 18.9. The molecule has 1 aromatic carbocycles. The monoisotopic (exact) mass is 384 g/mol. The number of carbonyl (C=O) groups is 1. The van der Waals surface area contributed by atoms with Crippen molar-refractivity contribution in [2.75, 3.05) is 25.0 Å². The van der Waals surface area contributed by atoms with Crippen LogP contribution in [0.4, 0.5) is 10.5 Å². The van der Waals surface area contributed by atoms with Crippen molar-refractivity contribution in [2.24, 2.45) is 0 Å². The summed E-state index contributed by atoms with van der Waals surface area (Å²) < 4.78 is 11.3. The Balaban J connectivity index is 1.23. The van der Waals surface area contributed by atoms with Crippen molar-refractivity contribution in [3.63, 3.8) is 0 Å². The van der Waals surface area contributed by atoms with Crippen molar-refractivity contribution in [3.8, 4) is 0 Å². The first-order valence-electron chi connectivity index (χ1n) is 10.3. The molecule has 2 heterocycles. The minimum atomic E-state index is -0.0613. The summed E-state index contributed by atoms with van der Waals surface area (Å²) in [5.41, 5.74) is 2.06. The molecule has 1 aromatic heterocycles. The smallest absolute Gasteiger partial charge is 0.321 e. The minimum Gasteiger partial charge on any atom is -0.376 e. The maximum Gasteiger partial charge on any atom is 0.321 e. The van der Waals surface area contributed by atoms with Crippen molar-refractivity contribution < 1.29 is 14.1 Å². The number of aromatic nitrogens is 2. The number of nitrogens with zero attached hydrogens (tertiary/aromatic N) is 3. The average Bonchev–Trinajstić information content (AvgIpc) is 3.47. The Bertz CT molecular complexity index is 802. The van der Waals surface area contributed by atoms with Crippen LogP contribution >= 0.6 is 0 Å².